The first-order chi connectivity index (χ1) is 15.4. The van der Waals surface area contributed by atoms with E-state index in [9.17, 15) is 23.2 Å². The third-order valence-corrected chi connectivity index (χ3v) is 6.18. The van der Waals surface area contributed by atoms with Crippen LogP contribution in [0.25, 0.3) is 0 Å². The molecule has 176 valence electrons. The fraction of sp³-hybridized carbons (Fsp3) is 0.286. The van der Waals surface area contributed by atoms with Gasteiger partial charge in [-0.25, -0.2) is 8.78 Å². The monoisotopic (exact) mass is 581 g/mol. The quantitative estimate of drug-likeness (QED) is 0.344. The summed E-state index contributed by atoms with van der Waals surface area (Å²) in [5.41, 5.74) is -0.882. The molecule has 2 unspecified atom stereocenters. The summed E-state index contributed by atoms with van der Waals surface area (Å²) in [4.78, 5) is 36.6. The SMILES string of the molecule is CC(Br)CC(=O)Nc1c(F)ccc(NC(=O)c2cc(NC(=O)C3CC3(Cl)Cl)ccc2Cl)c1F. The number of hydrogen-bond donors (Lipinski definition) is 3. The molecule has 3 rings (SSSR count). The Morgan fingerprint density at radius 3 is 2.42 bits per heavy atom. The van der Waals surface area contributed by atoms with E-state index < -0.39 is 45.3 Å². The normalized spacial score (nSPS) is 17.1. The lowest BCUT2D eigenvalue weighted by Gasteiger charge is -2.14. The Kier molecular flexibility index (Phi) is 7.88. The van der Waals surface area contributed by atoms with E-state index in [1.807, 2.05) is 0 Å². The third kappa shape index (κ3) is 6.35. The van der Waals surface area contributed by atoms with Crippen molar-refractivity contribution in [2.75, 3.05) is 16.0 Å². The molecule has 0 heterocycles. The number of nitrogens with one attached hydrogen (secondary N) is 3. The van der Waals surface area contributed by atoms with Gasteiger partial charge in [0, 0.05) is 16.9 Å². The summed E-state index contributed by atoms with van der Waals surface area (Å²) in [6, 6.07) is 6.06. The second-order valence-corrected chi connectivity index (χ2v) is 11.0. The van der Waals surface area contributed by atoms with E-state index in [4.69, 9.17) is 34.8 Å². The van der Waals surface area contributed by atoms with Crippen LogP contribution in [0.3, 0.4) is 0 Å². The summed E-state index contributed by atoms with van der Waals surface area (Å²) in [5, 5.41) is 7.08. The lowest BCUT2D eigenvalue weighted by Crippen LogP contribution is -2.19. The molecule has 0 bridgehead atoms. The van der Waals surface area contributed by atoms with Gasteiger partial charge < -0.3 is 16.0 Å². The van der Waals surface area contributed by atoms with Gasteiger partial charge in [0.1, 0.15) is 15.8 Å². The zero-order chi connectivity index (χ0) is 24.5. The summed E-state index contributed by atoms with van der Waals surface area (Å²) >= 11 is 21.1. The zero-order valence-corrected chi connectivity index (χ0v) is 20.8. The highest BCUT2D eigenvalue weighted by Crippen LogP contribution is 2.53. The van der Waals surface area contributed by atoms with Crippen molar-refractivity contribution in [3.63, 3.8) is 0 Å². The topological polar surface area (TPSA) is 87.3 Å². The fourth-order valence-electron chi connectivity index (χ4n) is 2.90. The van der Waals surface area contributed by atoms with Crippen molar-refractivity contribution >= 4 is 85.5 Å². The molecule has 0 aromatic heterocycles. The van der Waals surface area contributed by atoms with Gasteiger partial charge in [-0.15, -0.1) is 23.2 Å². The summed E-state index contributed by atoms with van der Waals surface area (Å²) in [6.45, 7) is 1.70. The number of rotatable bonds is 7. The maximum absolute atomic E-state index is 14.8. The van der Waals surface area contributed by atoms with E-state index in [0.29, 0.717) is 6.42 Å². The average molecular weight is 584 g/mol. The van der Waals surface area contributed by atoms with E-state index in [2.05, 4.69) is 31.9 Å². The molecule has 33 heavy (non-hydrogen) atoms. The van der Waals surface area contributed by atoms with E-state index >= 15 is 0 Å². The second-order valence-electron chi connectivity index (χ2n) is 7.47. The maximum atomic E-state index is 14.8. The Morgan fingerprint density at radius 1 is 1.15 bits per heavy atom. The van der Waals surface area contributed by atoms with E-state index in [0.717, 1.165) is 12.1 Å². The van der Waals surface area contributed by atoms with Crippen molar-refractivity contribution in [1.82, 2.24) is 0 Å². The van der Waals surface area contributed by atoms with Gasteiger partial charge >= 0.3 is 0 Å². The van der Waals surface area contributed by atoms with E-state index in [1.54, 1.807) is 6.92 Å². The molecule has 2 aromatic carbocycles. The first-order valence-electron chi connectivity index (χ1n) is 9.60. The first kappa shape index (κ1) is 25.7. The molecule has 0 spiro atoms. The van der Waals surface area contributed by atoms with Crippen LogP contribution in [0, 0.1) is 17.6 Å². The van der Waals surface area contributed by atoms with Crippen molar-refractivity contribution in [3.8, 4) is 0 Å². The van der Waals surface area contributed by atoms with Crippen LogP contribution in [0.5, 0.6) is 0 Å². The highest BCUT2D eigenvalue weighted by Gasteiger charge is 2.56. The number of carbonyl (C=O) groups is 3. The maximum Gasteiger partial charge on any atom is 0.257 e. The summed E-state index contributed by atoms with van der Waals surface area (Å²) in [7, 11) is 0. The fourth-order valence-corrected chi connectivity index (χ4v) is 3.91. The van der Waals surface area contributed by atoms with Crippen molar-refractivity contribution in [2.24, 2.45) is 5.92 Å². The van der Waals surface area contributed by atoms with Gasteiger partial charge in [0.25, 0.3) is 5.91 Å². The summed E-state index contributed by atoms with van der Waals surface area (Å²) in [5.74, 6) is -4.59. The Balaban J connectivity index is 1.77. The Hall–Kier alpha value is -1.94. The molecule has 1 saturated carbocycles. The van der Waals surface area contributed by atoms with Crippen molar-refractivity contribution < 1.29 is 23.2 Å². The van der Waals surface area contributed by atoms with Gasteiger partial charge in [-0.1, -0.05) is 34.5 Å². The summed E-state index contributed by atoms with van der Waals surface area (Å²) < 4.78 is 27.8. The van der Waals surface area contributed by atoms with Crippen LogP contribution < -0.4 is 16.0 Å². The molecule has 1 fully saturated rings. The molecular weight excluding hydrogens is 567 g/mol. The van der Waals surface area contributed by atoms with Gasteiger partial charge in [0.2, 0.25) is 11.8 Å². The lowest BCUT2D eigenvalue weighted by atomic mass is 10.1. The van der Waals surface area contributed by atoms with Gasteiger partial charge in [-0.2, -0.15) is 0 Å². The Bertz CT molecular complexity index is 1130. The minimum atomic E-state index is -1.16. The minimum Gasteiger partial charge on any atom is -0.326 e. The Morgan fingerprint density at radius 2 is 1.82 bits per heavy atom. The molecule has 0 aliphatic heterocycles. The van der Waals surface area contributed by atoms with Crippen LogP contribution >= 0.6 is 50.7 Å². The van der Waals surface area contributed by atoms with Crippen LogP contribution in [-0.2, 0) is 9.59 Å². The molecule has 0 saturated heterocycles. The first-order valence-corrected chi connectivity index (χ1v) is 11.7. The van der Waals surface area contributed by atoms with Gasteiger partial charge in [0.05, 0.1) is 22.2 Å². The lowest BCUT2D eigenvalue weighted by molar-refractivity contribution is -0.117. The number of amides is 3. The van der Waals surface area contributed by atoms with Crippen LogP contribution in [-0.4, -0.2) is 26.9 Å². The highest BCUT2D eigenvalue weighted by atomic mass is 79.9. The largest absolute Gasteiger partial charge is 0.326 e. The average Bonchev–Trinajstić information content (AvgIpc) is 3.36. The van der Waals surface area contributed by atoms with Crippen molar-refractivity contribution in [1.29, 1.82) is 0 Å². The highest BCUT2D eigenvalue weighted by molar-refractivity contribution is 9.09. The number of halogens is 6. The minimum absolute atomic E-state index is 0.0149. The van der Waals surface area contributed by atoms with Gasteiger partial charge in [-0.3, -0.25) is 14.4 Å². The molecule has 6 nitrogen and oxygen atoms in total. The standard InChI is InChI=1S/C21H17BrCl3F2N3O3/c1-9(22)6-16(31)30-18-14(26)4-5-15(17(18)27)29-19(32)11-7-10(2-3-13(11)23)28-20(33)12-8-21(12,24)25/h2-5,7,9,12H,6,8H2,1H3,(H,28,33)(H,29,32)(H,30,31). The molecule has 3 amide bonds. The number of hydrogen-bond acceptors (Lipinski definition) is 3. The molecule has 12 heteroatoms. The molecule has 3 N–H and O–H groups in total. The van der Waals surface area contributed by atoms with Gasteiger partial charge in [-0.05, 0) is 36.8 Å². The number of benzene rings is 2. The number of anilines is 3. The van der Waals surface area contributed by atoms with Crippen LogP contribution in [0.1, 0.15) is 30.1 Å². The molecular formula is C21H17BrCl3F2N3O3. The molecule has 1 aliphatic rings. The van der Waals surface area contributed by atoms with Gasteiger partial charge in [0.15, 0.2) is 5.82 Å². The van der Waals surface area contributed by atoms with E-state index in [1.165, 1.54) is 18.2 Å². The van der Waals surface area contributed by atoms with Crippen LogP contribution in [0.15, 0.2) is 30.3 Å². The zero-order valence-electron chi connectivity index (χ0n) is 16.9. The Labute approximate surface area is 211 Å². The molecule has 2 aromatic rings. The smallest absolute Gasteiger partial charge is 0.257 e. The van der Waals surface area contributed by atoms with Crippen LogP contribution in [0.4, 0.5) is 25.8 Å². The third-order valence-electron chi connectivity index (χ3n) is 4.69. The number of carbonyl (C=O) groups excluding carboxylic acids is 3. The molecule has 2 atom stereocenters. The van der Waals surface area contributed by atoms with Crippen molar-refractivity contribution in [3.05, 3.63) is 52.6 Å². The van der Waals surface area contributed by atoms with Crippen molar-refractivity contribution in [2.45, 2.75) is 28.9 Å². The molecule has 0 radical (unpaired) electrons. The summed E-state index contributed by atoms with van der Waals surface area (Å²) in [6.07, 6.45) is 0.291. The predicted octanol–water partition coefficient (Wildman–Crippen LogP) is 6.11. The van der Waals surface area contributed by atoms with E-state index in [-0.39, 0.29) is 33.2 Å². The van der Waals surface area contributed by atoms with Crippen LogP contribution in [0.2, 0.25) is 5.02 Å². The predicted molar refractivity (Wildman–Crippen MR) is 129 cm³/mol. The molecule has 1 aliphatic carbocycles. The second kappa shape index (κ2) is 10.1. The number of alkyl halides is 3.